The van der Waals surface area contributed by atoms with E-state index in [1.165, 1.54) is 0 Å². The highest BCUT2D eigenvalue weighted by Crippen LogP contribution is 2.36. The van der Waals surface area contributed by atoms with Crippen LogP contribution in [0.25, 0.3) is 5.53 Å². The van der Waals surface area contributed by atoms with Crippen LogP contribution < -0.4 is 0 Å². The first-order chi connectivity index (χ1) is 13.6. The van der Waals surface area contributed by atoms with Crippen molar-refractivity contribution in [2.24, 2.45) is 35.5 Å². The number of ether oxygens (including phenoxy) is 2. The van der Waals surface area contributed by atoms with Crippen LogP contribution in [0.2, 0.25) is 0 Å². The summed E-state index contributed by atoms with van der Waals surface area (Å²) < 4.78 is 11.3. The molecule has 164 valence electrons. The molecule has 0 heterocycles. The van der Waals surface area contributed by atoms with Crippen LogP contribution in [0, 0.1) is 35.5 Å². The largest absolute Gasteiger partial charge is 0.482 e. The maximum Gasteiger partial charge on any atom is 0.482 e. The lowest BCUT2D eigenvalue weighted by Gasteiger charge is -2.36. The first-order valence-corrected chi connectivity index (χ1v) is 11.3. The van der Waals surface area contributed by atoms with Gasteiger partial charge in [0.15, 0.2) is 0 Å². The van der Waals surface area contributed by atoms with Crippen molar-refractivity contribution in [1.29, 1.82) is 0 Å². The van der Waals surface area contributed by atoms with Gasteiger partial charge in [-0.2, -0.15) is 4.79 Å². The normalized spacial score (nSPS) is 32.6. The van der Waals surface area contributed by atoms with Crippen LogP contribution >= 0.6 is 0 Å². The van der Waals surface area contributed by atoms with Crippen LogP contribution in [0.3, 0.4) is 0 Å². The standard InChI is InChI=1S/C23H38N2O4/c1-13(2)17-9-7-15(5)11-19(17)28-22(26)21(25-24)23(27)29-20-12-16(6)8-10-18(20)14(3)4/h13-20H,7-12H2,1-6H3/t15-,16-,17+,18+,19-,20-/m1/s1. The smallest absolute Gasteiger partial charge is 0.453 e. The van der Waals surface area contributed by atoms with Crippen molar-refractivity contribution in [2.75, 3.05) is 0 Å². The van der Waals surface area contributed by atoms with Gasteiger partial charge >= 0.3 is 17.7 Å². The molecule has 2 aliphatic carbocycles. The second-order valence-electron chi connectivity index (χ2n) is 9.99. The molecule has 2 fully saturated rings. The van der Waals surface area contributed by atoms with Crippen molar-refractivity contribution in [2.45, 2.75) is 92.3 Å². The summed E-state index contributed by atoms with van der Waals surface area (Å²) in [5, 5.41) is 0. The van der Waals surface area contributed by atoms with Crippen LogP contribution in [0.5, 0.6) is 0 Å². The number of hydrogen-bond acceptors (Lipinski definition) is 4. The summed E-state index contributed by atoms with van der Waals surface area (Å²) in [7, 11) is 0. The van der Waals surface area contributed by atoms with Crippen LogP contribution in [0.1, 0.15) is 80.1 Å². The van der Waals surface area contributed by atoms with E-state index in [1.807, 2.05) is 0 Å². The van der Waals surface area contributed by atoms with Crippen molar-refractivity contribution >= 4 is 17.7 Å². The Morgan fingerprint density at radius 2 is 1.17 bits per heavy atom. The Balaban J connectivity index is 2.06. The van der Waals surface area contributed by atoms with E-state index < -0.39 is 17.7 Å². The Morgan fingerprint density at radius 1 is 0.793 bits per heavy atom. The number of nitrogens with zero attached hydrogens (tertiary/aromatic N) is 2. The fourth-order valence-corrected chi connectivity index (χ4v) is 5.05. The maximum atomic E-state index is 12.7. The zero-order valence-corrected chi connectivity index (χ0v) is 18.9. The molecule has 6 atom stereocenters. The summed E-state index contributed by atoms with van der Waals surface area (Å²) in [6, 6.07) is 0. The molecule has 0 aromatic carbocycles. The Kier molecular flexibility index (Phi) is 8.45. The van der Waals surface area contributed by atoms with Crippen LogP contribution in [0.4, 0.5) is 0 Å². The SMILES string of the molecule is CC(C)[C@@H]1CC[C@@H](C)C[C@H]1OC(=O)C(=[N+]=[N-])C(=O)O[C@@H]1C[C@H](C)CC[C@H]1C(C)C. The average Bonchev–Trinajstić information content (AvgIpc) is 2.61. The zero-order valence-electron chi connectivity index (χ0n) is 18.9. The topological polar surface area (TPSA) is 89.0 Å². The van der Waals surface area contributed by atoms with E-state index >= 15 is 0 Å². The second-order valence-corrected chi connectivity index (χ2v) is 9.99. The predicted molar refractivity (Wildman–Crippen MR) is 111 cm³/mol. The van der Waals surface area contributed by atoms with Crippen LogP contribution in [-0.4, -0.2) is 34.6 Å². The molecule has 0 aromatic rings. The molecule has 0 N–H and O–H groups in total. The lowest BCUT2D eigenvalue weighted by Crippen LogP contribution is -2.42. The lowest BCUT2D eigenvalue weighted by atomic mass is 9.75. The fourth-order valence-electron chi connectivity index (χ4n) is 5.05. The van der Waals surface area contributed by atoms with E-state index in [9.17, 15) is 15.1 Å². The van der Waals surface area contributed by atoms with Gasteiger partial charge in [-0.3, -0.25) is 0 Å². The molecule has 2 aliphatic rings. The van der Waals surface area contributed by atoms with E-state index in [4.69, 9.17) is 9.47 Å². The third kappa shape index (κ3) is 6.15. The molecule has 0 bridgehead atoms. The third-order valence-corrected chi connectivity index (χ3v) is 6.93. The Morgan fingerprint density at radius 3 is 1.48 bits per heavy atom. The van der Waals surface area contributed by atoms with Gasteiger partial charge in [0.05, 0.1) is 0 Å². The van der Waals surface area contributed by atoms with Gasteiger partial charge in [0, 0.05) is 0 Å². The number of carbonyl (C=O) groups is 2. The number of rotatable bonds is 6. The quantitative estimate of drug-likeness (QED) is 0.211. The fraction of sp³-hybridized carbons (Fsp3) is 0.870. The molecule has 6 nitrogen and oxygen atoms in total. The van der Waals surface area contributed by atoms with Gasteiger partial charge in [0.25, 0.3) is 0 Å². The monoisotopic (exact) mass is 406 g/mol. The van der Waals surface area contributed by atoms with Gasteiger partial charge in [-0.15, -0.1) is 0 Å². The van der Waals surface area contributed by atoms with Gasteiger partial charge in [-0.1, -0.05) is 54.4 Å². The van der Waals surface area contributed by atoms with E-state index in [-0.39, 0.29) is 24.0 Å². The van der Waals surface area contributed by atoms with Crippen molar-refractivity contribution in [1.82, 2.24) is 0 Å². The zero-order chi connectivity index (χ0) is 21.7. The van der Waals surface area contributed by atoms with Crippen molar-refractivity contribution in [3.63, 3.8) is 0 Å². The molecular weight excluding hydrogens is 368 g/mol. The van der Waals surface area contributed by atoms with Gasteiger partial charge in [0.1, 0.15) is 12.2 Å². The van der Waals surface area contributed by atoms with Crippen molar-refractivity contribution < 1.29 is 23.9 Å². The summed E-state index contributed by atoms with van der Waals surface area (Å²) in [5.41, 5.74) is 8.72. The maximum absolute atomic E-state index is 12.7. The molecule has 0 saturated heterocycles. The van der Waals surface area contributed by atoms with E-state index in [2.05, 4.69) is 46.3 Å². The van der Waals surface area contributed by atoms with Crippen LogP contribution in [0.15, 0.2) is 0 Å². The highest BCUT2D eigenvalue weighted by atomic mass is 16.6. The van der Waals surface area contributed by atoms with Gasteiger partial charge < -0.3 is 15.0 Å². The minimum Gasteiger partial charge on any atom is -0.453 e. The predicted octanol–water partition coefficient (Wildman–Crippen LogP) is 4.67. The molecule has 0 radical (unpaired) electrons. The first kappa shape index (κ1) is 23.6. The molecule has 2 rings (SSSR count). The van der Waals surface area contributed by atoms with Gasteiger partial charge in [-0.05, 0) is 61.2 Å². The molecule has 29 heavy (non-hydrogen) atoms. The summed E-state index contributed by atoms with van der Waals surface area (Å²) in [4.78, 5) is 28.3. The van der Waals surface area contributed by atoms with E-state index in [0.29, 0.717) is 23.7 Å². The highest BCUT2D eigenvalue weighted by Gasteiger charge is 2.42. The lowest BCUT2D eigenvalue weighted by molar-refractivity contribution is -0.161. The highest BCUT2D eigenvalue weighted by molar-refractivity contribution is 6.60. The summed E-state index contributed by atoms with van der Waals surface area (Å²) >= 11 is 0. The number of carbonyl (C=O) groups excluding carboxylic acids is 2. The molecule has 0 aliphatic heterocycles. The van der Waals surface area contributed by atoms with Crippen molar-refractivity contribution in [3.8, 4) is 0 Å². The van der Waals surface area contributed by atoms with Crippen LogP contribution in [-0.2, 0) is 19.1 Å². The first-order valence-electron chi connectivity index (χ1n) is 11.3. The minimum absolute atomic E-state index is 0.246. The molecule has 2 saturated carbocycles. The number of esters is 2. The molecular formula is C23H38N2O4. The van der Waals surface area contributed by atoms with Crippen molar-refractivity contribution in [3.05, 3.63) is 5.53 Å². The number of hydrogen-bond donors (Lipinski definition) is 0. The molecule has 0 unspecified atom stereocenters. The van der Waals surface area contributed by atoms with E-state index in [0.717, 1.165) is 38.5 Å². The Labute approximate surface area is 175 Å². The Hall–Kier alpha value is -1.68. The van der Waals surface area contributed by atoms with Gasteiger partial charge in [-0.25, -0.2) is 9.59 Å². The molecule has 0 aromatic heterocycles. The third-order valence-electron chi connectivity index (χ3n) is 6.93. The molecule has 0 spiro atoms. The summed E-state index contributed by atoms with van der Waals surface area (Å²) in [5.74, 6) is 0.389. The minimum atomic E-state index is -0.882. The molecule has 0 amide bonds. The summed E-state index contributed by atoms with van der Waals surface area (Å²) in [6.07, 6.45) is 5.18. The average molecular weight is 407 g/mol. The van der Waals surface area contributed by atoms with Gasteiger partial charge in [0.2, 0.25) is 0 Å². The van der Waals surface area contributed by atoms with E-state index in [1.54, 1.807) is 0 Å². The Bertz CT molecular complexity index is 591. The second kappa shape index (κ2) is 10.4. The molecule has 6 heteroatoms. The summed E-state index contributed by atoms with van der Waals surface area (Å²) in [6.45, 7) is 12.8.